The molecule has 4 aromatic rings. The average molecular weight is 718 g/mol. The SMILES string of the molecule is Cc1cc(=O)c2cc3c(c([NH+]4C=C5C=CN=C5C4)c2o1)OC(C)(C)C(OOCC(O)(Cc1ccc(O)c2ccc(O)cc12)C(O)C(O)C(O)CO)C3. The number of aryl methyl sites for hydroxylation is 1. The van der Waals surface area contributed by atoms with Gasteiger partial charge in [-0.1, -0.05) is 6.07 Å². The Morgan fingerprint density at radius 2 is 1.87 bits per heavy atom. The van der Waals surface area contributed by atoms with Gasteiger partial charge in [0.1, 0.15) is 77.9 Å². The molecule has 0 saturated heterocycles. The molecular formula is C38H41N2O12+. The van der Waals surface area contributed by atoms with Gasteiger partial charge in [-0.15, -0.1) is 0 Å². The van der Waals surface area contributed by atoms with Crippen molar-refractivity contribution >= 4 is 33.1 Å². The minimum atomic E-state index is -2.34. The zero-order valence-electron chi connectivity index (χ0n) is 28.7. The summed E-state index contributed by atoms with van der Waals surface area (Å²) >= 11 is 0. The lowest BCUT2D eigenvalue weighted by atomic mass is 9.84. The van der Waals surface area contributed by atoms with Crippen LogP contribution in [0.25, 0.3) is 21.7 Å². The molecule has 7 rings (SSSR count). The van der Waals surface area contributed by atoms with Crippen LogP contribution < -0.4 is 15.1 Å². The summed E-state index contributed by atoms with van der Waals surface area (Å²) in [7, 11) is 0. The van der Waals surface area contributed by atoms with Crippen LogP contribution in [0.15, 0.2) is 80.7 Å². The van der Waals surface area contributed by atoms with Gasteiger partial charge in [0.05, 0.1) is 17.6 Å². The number of aliphatic imine (C=N–C) groups is 1. The highest BCUT2D eigenvalue weighted by Gasteiger charge is 2.47. The topological polar surface area (TPSA) is 216 Å². The fourth-order valence-corrected chi connectivity index (χ4v) is 7.13. The summed E-state index contributed by atoms with van der Waals surface area (Å²) < 4.78 is 12.8. The second kappa shape index (κ2) is 13.4. The van der Waals surface area contributed by atoms with Gasteiger partial charge >= 0.3 is 0 Å². The molecule has 6 unspecified atom stereocenters. The molecule has 6 atom stereocenters. The van der Waals surface area contributed by atoms with Crippen LogP contribution in [0.1, 0.15) is 30.7 Å². The Bertz CT molecular complexity index is 2210. The zero-order valence-corrected chi connectivity index (χ0v) is 28.7. The third kappa shape index (κ3) is 6.37. The van der Waals surface area contributed by atoms with Crippen LogP contribution in [0.2, 0.25) is 0 Å². The molecule has 0 spiro atoms. The Hall–Kier alpha value is -4.64. The van der Waals surface area contributed by atoms with Crippen molar-refractivity contribution in [1.29, 1.82) is 0 Å². The molecule has 52 heavy (non-hydrogen) atoms. The van der Waals surface area contributed by atoms with Gasteiger partial charge in [0, 0.05) is 36.1 Å². The first-order valence-corrected chi connectivity index (χ1v) is 16.9. The lowest BCUT2D eigenvalue weighted by Gasteiger charge is -2.40. The van der Waals surface area contributed by atoms with E-state index in [-0.39, 0.29) is 23.3 Å². The van der Waals surface area contributed by atoms with E-state index in [0.717, 1.165) is 16.2 Å². The normalized spacial score (nSPS) is 21.9. The molecule has 14 heteroatoms. The van der Waals surface area contributed by atoms with Crippen molar-refractivity contribution in [3.05, 3.63) is 93.6 Å². The summed E-state index contributed by atoms with van der Waals surface area (Å²) in [5.41, 5.74) is 0.338. The Morgan fingerprint density at radius 3 is 2.62 bits per heavy atom. The van der Waals surface area contributed by atoms with E-state index in [2.05, 4.69) is 4.99 Å². The number of nitrogens with zero attached hydrogens (tertiary/aromatic N) is 1. The van der Waals surface area contributed by atoms with Crippen molar-refractivity contribution in [2.75, 3.05) is 19.8 Å². The van der Waals surface area contributed by atoms with Crippen LogP contribution >= 0.6 is 0 Å². The van der Waals surface area contributed by atoms with Gasteiger partial charge < -0.3 is 44.9 Å². The van der Waals surface area contributed by atoms with Gasteiger partial charge in [0.25, 0.3) is 0 Å². The number of aliphatic hydroxyl groups excluding tert-OH is 4. The number of rotatable bonds is 11. The van der Waals surface area contributed by atoms with Gasteiger partial charge in [-0.3, -0.25) is 14.7 Å². The molecule has 1 aromatic heterocycles. The van der Waals surface area contributed by atoms with Crippen LogP contribution in [0.4, 0.5) is 5.69 Å². The Kier molecular flexibility index (Phi) is 9.21. The first-order valence-electron chi connectivity index (χ1n) is 16.9. The number of hydrogen-bond acceptors (Lipinski definition) is 13. The van der Waals surface area contributed by atoms with Crippen molar-refractivity contribution in [1.82, 2.24) is 0 Å². The highest BCUT2D eigenvalue weighted by Crippen LogP contribution is 2.43. The molecule has 14 nitrogen and oxygen atoms in total. The quantitative estimate of drug-likeness (QED) is 0.0810. The van der Waals surface area contributed by atoms with Gasteiger partial charge in [-0.05, 0) is 68.1 Å². The number of fused-ring (bicyclic) bond motifs is 4. The lowest BCUT2D eigenvalue weighted by Crippen LogP contribution is -3.01. The van der Waals surface area contributed by atoms with E-state index in [4.69, 9.17) is 18.9 Å². The number of phenolic OH excluding ortho intramolecular Hbond substituents is 2. The fourth-order valence-electron chi connectivity index (χ4n) is 7.13. The Morgan fingerprint density at radius 1 is 1.08 bits per heavy atom. The summed E-state index contributed by atoms with van der Waals surface area (Å²) in [5, 5.41) is 75.1. The number of allylic oxidation sites excluding steroid dienone is 1. The van der Waals surface area contributed by atoms with E-state index in [9.17, 15) is 40.5 Å². The number of benzene rings is 3. The van der Waals surface area contributed by atoms with Crippen molar-refractivity contribution in [3.8, 4) is 17.2 Å². The first-order chi connectivity index (χ1) is 24.7. The van der Waals surface area contributed by atoms with Crippen molar-refractivity contribution in [2.24, 2.45) is 4.99 Å². The number of ether oxygens (including phenoxy) is 1. The molecule has 0 radical (unpaired) electrons. The zero-order chi connectivity index (χ0) is 37.1. The first kappa shape index (κ1) is 35.7. The minimum Gasteiger partial charge on any atom is -0.508 e. The highest BCUT2D eigenvalue weighted by molar-refractivity contribution is 6.07. The lowest BCUT2D eigenvalue weighted by molar-refractivity contribution is -0.759. The molecule has 274 valence electrons. The molecular weight excluding hydrogens is 676 g/mol. The molecule has 8 N–H and O–H groups in total. The monoisotopic (exact) mass is 717 g/mol. The standard InChI is InChI=1S/C38H40N2O12/c1-19-10-29(44)26-11-22-12-31(37(2,3)51-34(22)32(35(26)50-19)40-15-21-8-9-39-27(21)16-40)52-49-18-38(48,36(47)33(46)30(45)17-41)14-20-4-7-28(43)24-6-5-23(42)13-25(20)24/h4-11,13,15,30-31,33,36,41-43,45-48H,12,14,16-18H2,1-3H3/p+1. The summed E-state index contributed by atoms with van der Waals surface area (Å²) in [6.45, 7) is 4.18. The van der Waals surface area contributed by atoms with Crippen molar-refractivity contribution < 1.29 is 59.6 Å². The minimum absolute atomic E-state index is 0.0850. The summed E-state index contributed by atoms with van der Waals surface area (Å²) in [4.78, 5) is 30.1. The van der Waals surface area contributed by atoms with E-state index in [1.165, 1.54) is 36.4 Å². The molecule has 0 saturated carbocycles. The summed E-state index contributed by atoms with van der Waals surface area (Å²) in [6, 6.07) is 10.3. The highest BCUT2D eigenvalue weighted by atomic mass is 17.2. The van der Waals surface area contributed by atoms with E-state index in [0.29, 0.717) is 56.6 Å². The van der Waals surface area contributed by atoms with E-state index in [1.54, 1.807) is 33.0 Å². The molecule has 0 bridgehead atoms. The van der Waals surface area contributed by atoms with Gasteiger partial charge in [0.15, 0.2) is 11.2 Å². The number of hydrogen-bond donors (Lipinski definition) is 8. The van der Waals surface area contributed by atoms with Gasteiger partial charge in [0.2, 0.25) is 11.3 Å². The van der Waals surface area contributed by atoms with Crippen LogP contribution in [-0.4, -0.2) is 96.8 Å². The number of quaternary nitrogens is 1. The molecule has 3 aliphatic rings. The van der Waals surface area contributed by atoms with Crippen LogP contribution in [0.3, 0.4) is 0 Å². The van der Waals surface area contributed by atoms with Gasteiger partial charge in [-0.25, -0.2) is 9.78 Å². The smallest absolute Gasteiger partial charge is 0.222 e. The number of phenols is 2. The Labute approximate surface area is 297 Å². The predicted octanol–water partition coefficient (Wildman–Crippen LogP) is 1.13. The second-order valence-corrected chi connectivity index (χ2v) is 14.2. The molecule has 0 aliphatic carbocycles. The van der Waals surface area contributed by atoms with Crippen LogP contribution in [0, 0.1) is 6.92 Å². The molecule has 0 amide bonds. The van der Waals surface area contributed by atoms with Crippen molar-refractivity contribution in [3.63, 3.8) is 0 Å². The van der Waals surface area contributed by atoms with Gasteiger partial charge in [-0.2, -0.15) is 0 Å². The third-order valence-corrected chi connectivity index (χ3v) is 10.1. The maximum Gasteiger partial charge on any atom is 0.222 e. The van der Waals surface area contributed by atoms with E-state index in [1.807, 2.05) is 12.3 Å². The summed E-state index contributed by atoms with van der Waals surface area (Å²) in [6.07, 6.45) is -1.20. The fraction of sp³-hybridized carbons (Fsp3) is 0.368. The number of aromatic hydroxyl groups is 2. The molecule has 3 aromatic carbocycles. The largest absolute Gasteiger partial charge is 0.508 e. The third-order valence-electron chi connectivity index (χ3n) is 10.1. The average Bonchev–Trinajstić information content (AvgIpc) is 3.71. The van der Waals surface area contributed by atoms with E-state index < -0.39 is 55.3 Å². The second-order valence-electron chi connectivity index (χ2n) is 14.2. The molecule has 3 aliphatic heterocycles. The van der Waals surface area contributed by atoms with Crippen molar-refractivity contribution in [2.45, 2.75) is 69.2 Å². The maximum atomic E-state index is 13.2. The number of aliphatic hydroxyl groups is 5. The Balaban J connectivity index is 1.19. The molecule has 0 fully saturated rings. The number of nitrogens with one attached hydrogen (secondary N) is 1. The maximum absolute atomic E-state index is 13.2. The van der Waals surface area contributed by atoms with Crippen LogP contribution in [-0.2, 0) is 22.6 Å². The van der Waals surface area contributed by atoms with E-state index >= 15 is 0 Å². The summed E-state index contributed by atoms with van der Waals surface area (Å²) in [5.74, 6) is 0.783. The van der Waals surface area contributed by atoms with Crippen LogP contribution in [0.5, 0.6) is 17.2 Å². The predicted molar refractivity (Wildman–Crippen MR) is 188 cm³/mol. The molecule has 4 heterocycles.